The largest absolute Gasteiger partial charge is 0.617 e. The van der Waals surface area contributed by atoms with Crippen molar-refractivity contribution in [3.8, 4) is 0 Å². The average Bonchev–Trinajstić information content (AvgIpc) is 3.25. The Morgan fingerprint density at radius 2 is 1.09 bits per heavy atom. The van der Waals surface area contributed by atoms with Gasteiger partial charge in [0.05, 0.1) is 5.60 Å². The number of rotatable bonds is 20. The van der Waals surface area contributed by atoms with Crippen molar-refractivity contribution in [2.24, 2.45) is 0 Å². The van der Waals surface area contributed by atoms with Crippen molar-refractivity contribution in [3.05, 3.63) is 0 Å². The third-order valence-corrected chi connectivity index (χ3v) is 7.89. The maximum Gasteiger partial charge on any atom is 0.596 e. The summed E-state index contributed by atoms with van der Waals surface area (Å²) in [6.45, 7) is 6.01. The van der Waals surface area contributed by atoms with Gasteiger partial charge >= 0.3 is 6.96 Å². The van der Waals surface area contributed by atoms with E-state index in [0.717, 1.165) is 103 Å². The molecule has 0 aromatic heterocycles. The lowest BCUT2D eigenvalue weighted by atomic mass is 9.88. The number of aliphatic hydroxyl groups excluding tert-OH is 1. The molecule has 1 N–H and O–H groups in total. The molecule has 2 fully saturated rings. The van der Waals surface area contributed by atoms with Gasteiger partial charge in [-0.05, 0) is 25.7 Å². The molecule has 7 heteroatoms. The molecule has 2 aliphatic heterocycles. The van der Waals surface area contributed by atoms with Gasteiger partial charge in [0.15, 0.2) is 0 Å². The Bertz CT molecular complexity index is 576. The normalized spacial score (nSPS) is 24.9. The molecule has 0 aliphatic carbocycles. The van der Waals surface area contributed by atoms with Crippen LogP contribution in [0.3, 0.4) is 0 Å². The third-order valence-electron chi connectivity index (χ3n) is 7.89. The molecule has 2 atom stereocenters. The smallest absolute Gasteiger partial charge is 0.596 e. The van der Waals surface area contributed by atoms with Gasteiger partial charge in [0, 0.05) is 0 Å². The SMILES string of the molecule is CCCCCCC1(CCCCCC)O[B-]2(OC1=O)OC(O)C(CCCCCC)(CCCCCC)O2. The molecule has 0 aromatic rings. The lowest BCUT2D eigenvalue weighted by Gasteiger charge is -2.37. The predicted molar refractivity (Wildman–Crippen MR) is 142 cm³/mol. The lowest BCUT2D eigenvalue weighted by molar-refractivity contribution is -0.144. The number of hydrogen-bond acceptors (Lipinski definition) is 6. The van der Waals surface area contributed by atoms with Gasteiger partial charge in [-0.2, -0.15) is 0 Å². The maximum absolute atomic E-state index is 13.3. The van der Waals surface area contributed by atoms with Crippen molar-refractivity contribution in [3.63, 3.8) is 0 Å². The first-order valence-corrected chi connectivity index (χ1v) is 15.0. The summed E-state index contributed by atoms with van der Waals surface area (Å²) in [7, 11) is 0. The van der Waals surface area contributed by atoms with Gasteiger partial charge in [0.2, 0.25) is 0 Å². The highest BCUT2D eigenvalue weighted by Gasteiger charge is 2.64. The highest BCUT2D eigenvalue weighted by Crippen LogP contribution is 2.48. The van der Waals surface area contributed by atoms with Gasteiger partial charge in [0.25, 0.3) is 5.97 Å². The van der Waals surface area contributed by atoms with E-state index in [-0.39, 0.29) is 5.97 Å². The zero-order chi connectivity index (χ0) is 25.6. The first kappa shape index (κ1) is 30.6. The van der Waals surface area contributed by atoms with Crippen molar-refractivity contribution in [2.75, 3.05) is 0 Å². The Kier molecular flexibility index (Phi) is 13.6. The Morgan fingerprint density at radius 1 is 0.657 bits per heavy atom. The molecule has 2 unspecified atom stereocenters. The van der Waals surface area contributed by atoms with E-state index in [1.807, 2.05) is 0 Å². The summed E-state index contributed by atoms with van der Waals surface area (Å²) in [5.74, 6) is -0.370. The van der Waals surface area contributed by atoms with Crippen LogP contribution in [-0.2, 0) is 23.4 Å². The standard InChI is InChI=1S/C28H54BO6/c1-5-9-13-17-21-27(22-18-14-10-6-2)25(30)32-29(34-27)33-26(31)28(35-29,23-19-15-11-7-3)24-20-16-12-8-4/h25,30H,5-24H2,1-4H3/q-1. The van der Waals surface area contributed by atoms with Crippen molar-refractivity contribution < 1.29 is 28.5 Å². The van der Waals surface area contributed by atoms with E-state index in [9.17, 15) is 9.90 Å². The summed E-state index contributed by atoms with van der Waals surface area (Å²) in [5, 5.41) is 11.1. The zero-order valence-corrected chi connectivity index (χ0v) is 23.3. The van der Waals surface area contributed by atoms with Crippen LogP contribution in [0.15, 0.2) is 0 Å². The van der Waals surface area contributed by atoms with Crippen molar-refractivity contribution in [1.82, 2.24) is 0 Å². The molecule has 0 saturated carbocycles. The van der Waals surface area contributed by atoms with E-state index in [2.05, 4.69) is 27.7 Å². The van der Waals surface area contributed by atoms with E-state index in [0.29, 0.717) is 25.7 Å². The molecule has 2 rings (SSSR count). The molecule has 0 aromatic carbocycles. The van der Waals surface area contributed by atoms with Crippen molar-refractivity contribution in [2.45, 2.75) is 174 Å². The minimum absolute atomic E-state index is 0.370. The monoisotopic (exact) mass is 497 g/mol. The minimum Gasteiger partial charge on any atom is -0.617 e. The van der Waals surface area contributed by atoms with Crippen molar-refractivity contribution in [1.29, 1.82) is 0 Å². The summed E-state index contributed by atoms with van der Waals surface area (Å²) in [6.07, 6.45) is 18.6. The first-order chi connectivity index (χ1) is 16.9. The molecule has 35 heavy (non-hydrogen) atoms. The van der Waals surface area contributed by atoms with Crippen LogP contribution in [-0.4, -0.2) is 35.5 Å². The topological polar surface area (TPSA) is 74.2 Å². The van der Waals surface area contributed by atoms with Crippen LogP contribution in [0.1, 0.15) is 156 Å². The van der Waals surface area contributed by atoms with E-state index in [4.69, 9.17) is 18.6 Å². The van der Waals surface area contributed by atoms with E-state index in [1.165, 1.54) is 0 Å². The van der Waals surface area contributed by atoms with Gasteiger partial charge in [0.1, 0.15) is 11.9 Å². The maximum atomic E-state index is 13.3. The van der Waals surface area contributed by atoms with Crippen LogP contribution in [0, 0.1) is 0 Å². The van der Waals surface area contributed by atoms with Gasteiger partial charge in [-0.3, -0.25) is 4.79 Å². The fourth-order valence-corrected chi connectivity index (χ4v) is 5.66. The second-order valence-corrected chi connectivity index (χ2v) is 11.0. The average molecular weight is 498 g/mol. The Balaban J connectivity index is 2.16. The molecule has 0 amide bonds. The van der Waals surface area contributed by atoms with Crippen LogP contribution in [0.4, 0.5) is 0 Å². The molecule has 2 heterocycles. The highest BCUT2D eigenvalue weighted by molar-refractivity contribution is 6.58. The summed E-state index contributed by atoms with van der Waals surface area (Å²) in [5.41, 5.74) is -1.90. The summed E-state index contributed by atoms with van der Waals surface area (Å²) < 4.78 is 24.7. The number of aliphatic hydroxyl groups is 1. The summed E-state index contributed by atoms with van der Waals surface area (Å²) in [6, 6.07) is 0. The molecule has 0 radical (unpaired) electrons. The Labute approximate surface area is 215 Å². The van der Waals surface area contributed by atoms with Gasteiger partial charge in [-0.1, -0.05) is 130 Å². The Morgan fingerprint density at radius 3 is 1.51 bits per heavy atom. The molecule has 1 spiro atoms. The van der Waals surface area contributed by atoms with Gasteiger partial charge in [-0.15, -0.1) is 0 Å². The van der Waals surface area contributed by atoms with Crippen LogP contribution in [0.5, 0.6) is 0 Å². The first-order valence-electron chi connectivity index (χ1n) is 15.0. The number of unbranched alkanes of at least 4 members (excludes halogenated alkanes) is 12. The van der Waals surface area contributed by atoms with E-state index >= 15 is 0 Å². The van der Waals surface area contributed by atoms with Gasteiger partial charge in [-0.25, -0.2) is 0 Å². The third kappa shape index (κ3) is 8.72. The predicted octanol–water partition coefficient (Wildman–Crippen LogP) is 7.72. The minimum atomic E-state index is -2.74. The van der Waals surface area contributed by atoms with Gasteiger partial charge < -0.3 is 23.7 Å². The van der Waals surface area contributed by atoms with Crippen LogP contribution in [0.25, 0.3) is 0 Å². The Hall–Kier alpha value is -0.625. The van der Waals surface area contributed by atoms with Crippen molar-refractivity contribution >= 4 is 12.9 Å². The number of carbonyl (C=O) groups is 1. The fraction of sp³-hybridized carbons (Fsp3) is 0.964. The molecule has 206 valence electrons. The highest BCUT2D eigenvalue weighted by atomic mass is 17.0. The molecule has 2 saturated heterocycles. The molecular formula is C28H54BO6-. The lowest BCUT2D eigenvalue weighted by Crippen LogP contribution is -2.46. The van der Waals surface area contributed by atoms with Crippen LogP contribution >= 0.6 is 0 Å². The zero-order valence-electron chi connectivity index (χ0n) is 23.3. The van der Waals surface area contributed by atoms with Crippen LogP contribution < -0.4 is 0 Å². The van der Waals surface area contributed by atoms with E-state index in [1.54, 1.807) is 0 Å². The molecule has 2 aliphatic rings. The number of carbonyl (C=O) groups excluding carboxylic acids is 1. The second kappa shape index (κ2) is 15.6. The second-order valence-electron chi connectivity index (χ2n) is 11.0. The summed E-state index contributed by atoms with van der Waals surface area (Å²) >= 11 is 0. The molecule has 6 nitrogen and oxygen atoms in total. The quantitative estimate of drug-likeness (QED) is 0.137. The van der Waals surface area contributed by atoms with Crippen LogP contribution in [0.2, 0.25) is 0 Å². The fourth-order valence-electron chi connectivity index (χ4n) is 5.66. The number of hydrogen-bond donors (Lipinski definition) is 1. The summed E-state index contributed by atoms with van der Waals surface area (Å²) in [4.78, 5) is 13.3. The molecular weight excluding hydrogens is 443 g/mol. The van der Waals surface area contributed by atoms with E-state index < -0.39 is 24.4 Å². The molecule has 0 bridgehead atoms.